The molecule has 0 atom stereocenters. The Morgan fingerprint density at radius 1 is 0.957 bits per heavy atom. The van der Waals surface area contributed by atoms with E-state index in [2.05, 4.69) is 16.0 Å². The predicted molar refractivity (Wildman–Crippen MR) is 90.7 cm³/mol. The van der Waals surface area contributed by atoms with Crippen LogP contribution in [0.15, 0.2) is 54.7 Å². The molecule has 23 heavy (non-hydrogen) atoms. The lowest BCUT2D eigenvalue weighted by Gasteiger charge is -2.02. The van der Waals surface area contributed by atoms with Crippen molar-refractivity contribution in [1.82, 2.24) is 9.97 Å². The third-order valence-corrected chi connectivity index (χ3v) is 4.27. The SMILES string of the molecule is O=C(O)Cc1c(Cc2c[nH]c3ccccc23)[nH]c2ccccc12. The number of carboxylic acid groups (broad SMARTS) is 1. The summed E-state index contributed by atoms with van der Waals surface area (Å²) >= 11 is 0. The van der Waals surface area contributed by atoms with Gasteiger partial charge in [-0.25, -0.2) is 0 Å². The Morgan fingerprint density at radius 3 is 2.43 bits per heavy atom. The molecule has 0 saturated heterocycles. The fraction of sp³-hybridized carbons (Fsp3) is 0.105. The van der Waals surface area contributed by atoms with Gasteiger partial charge < -0.3 is 15.1 Å². The van der Waals surface area contributed by atoms with Crippen LogP contribution < -0.4 is 0 Å². The molecule has 4 heteroatoms. The van der Waals surface area contributed by atoms with Gasteiger partial charge in [-0.1, -0.05) is 36.4 Å². The Bertz CT molecular complexity index is 1010. The first-order valence-electron chi connectivity index (χ1n) is 7.57. The van der Waals surface area contributed by atoms with E-state index in [1.165, 1.54) is 10.9 Å². The fourth-order valence-corrected chi connectivity index (χ4v) is 3.23. The minimum absolute atomic E-state index is 0.0295. The number of H-pyrrole nitrogens is 2. The summed E-state index contributed by atoms with van der Waals surface area (Å²) in [5.74, 6) is -0.810. The third kappa shape index (κ3) is 2.38. The van der Waals surface area contributed by atoms with Crippen LogP contribution in [-0.2, 0) is 17.6 Å². The summed E-state index contributed by atoms with van der Waals surface area (Å²) in [5, 5.41) is 11.4. The molecule has 0 aliphatic heterocycles. The molecule has 3 N–H and O–H groups in total. The second-order valence-electron chi connectivity index (χ2n) is 5.73. The van der Waals surface area contributed by atoms with Crippen LogP contribution in [0.3, 0.4) is 0 Å². The summed E-state index contributed by atoms with van der Waals surface area (Å²) in [5.41, 5.74) is 5.09. The van der Waals surface area contributed by atoms with Gasteiger partial charge in [0.1, 0.15) is 0 Å². The number of aliphatic carboxylic acids is 1. The first-order valence-corrected chi connectivity index (χ1v) is 7.57. The second kappa shape index (κ2) is 5.32. The van der Waals surface area contributed by atoms with Gasteiger partial charge in [0.25, 0.3) is 0 Å². The molecule has 2 aromatic heterocycles. The number of fused-ring (bicyclic) bond motifs is 2. The highest BCUT2D eigenvalue weighted by Crippen LogP contribution is 2.27. The van der Waals surface area contributed by atoms with Crippen LogP contribution in [0.1, 0.15) is 16.8 Å². The van der Waals surface area contributed by atoms with Gasteiger partial charge in [0, 0.05) is 40.1 Å². The Balaban J connectivity index is 1.83. The van der Waals surface area contributed by atoms with Gasteiger partial charge in [-0.15, -0.1) is 0 Å². The monoisotopic (exact) mass is 304 g/mol. The number of hydrogen-bond donors (Lipinski definition) is 3. The molecule has 0 unspecified atom stereocenters. The summed E-state index contributed by atoms with van der Waals surface area (Å²) in [6, 6.07) is 16.0. The average Bonchev–Trinajstić information content (AvgIpc) is 3.10. The molecule has 0 spiro atoms. The van der Waals surface area contributed by atoms with Gasteiger partial charge in [-0.05, 0) is 23.3 Å². The number of carbonyl (C=O) groups is 1. The molecule has 2 aromatic carbocycles. The van der Waals surface area contributed by atoms with Crippen LogP contribution in [0.5, 0.6) is 0 Å². The Morgan fingerprint density at radius 2 is 1.65 bits per heavy atom. The molecule has 0 bridgehead atoms. The largest absolute Gasteiger partial charge is 0.481 e. The van der Waals surface area contributed by atoms with Crippen LogP contribution in [0, 0.1) is 0 Å². The summed E-state index contributed by atoms with van der Waals surface area (Å²) in [4.78, 5) is 17.9. The number of hydrogen-bond acceptors (Lipinski definition) is 1. The molecule has 2 heterocycles. The van der Waals surface area contributed by atoms with Gasteiger partial charge in [-0.2, -0.15) is 0 Å². The van der Waals surface area contributed by atoms with Gasteiger partial charge in [0.05, 0.1) is 6.42 Å². The van der Waals surface area contributed by atoms with E-state index in [0.29, 0.717) is 6.42 Å². The summed E-state index contributed by atoms with van der Waals surface area (Å²) in [6.07, 6.45) is 2.71. The van der Waals surface area contributed by atoms with Gasteiger partial charge in [-0.3, -0.25) is 4.79 Å². The smallest absolute Gasteiger partial charge is 0.307 e. The van der Waals surface area contributed by atoms with Crippen molar-refractivity contribution in [3.8, 4) is 0 Å². The van der Waals surface area contributed by atoms with Crippen molar-refractivity contribution in [1.29, 1.82) is 0 Å². The molecular formula is C19H16N2O2. The van der Waals surface area contributed by atoms with E-state index in [9.17, 15) is 9.90 Å². The molecule has 0 radical (unpaired) electrons. The normalized spacial score (nSPS) is 11.3. The van der Waals surface area contributed by atoms with Crippen LogP contribution in [0.4, 0.5) is 0 Å². The number of para-hydroxylation sites is 2. The van der Waals surface area contributed by atoms with E-state index < -0.39 is 5.97 Å². The molecule has 4 rings (SSSR count). The van der Waals surface area contributed by atoms with Crippen molar-refractivity contribution < 1.29 is 9.90 Å². The maximum Gasteiger partial charge on any atom is 0.307 e. The van der Waals surface area contributed by atoms with Gasteiger partial charge in [0.15, 0.2) is 0 Å². The third-order valence-electron chi connectivity index (χ3n) is 4.27. The highest BCUT2D eigenvalue weighted by Gasteiger charge is 2.15. The summed E-state index contributed by atoms with van der Waals surface area (Å²) in [6.45, 7) is 0. The second-order valence-corrected chi connectivity index (χ2v) is 5.73. The molecule has 0 fully saturated rings. The Kier molecular flexibility index (Phi) is 3.15. The molecular weight excluding hydrogens is 288 g/mol. The van der Waals surface area contributed by atoms with Crippen molar-refractivity contribution >= 4 is 27.8 Å². The lowest BCUT2D eigenvalue weighted by molar-refractivity contribution is -0.136. The standard InChI is InChI=1S/C19H16N2O2/c22-19(23)10-15-14-6-2-4-8-17(14)21-18(15)9-12-11-20-16-7-3-1-5-13(12)16/h1-8,11,20-21H,9-10H2,(H,22,23). The zero-order valence-electron chi connectivity index (χ0n) is 12.5. The molecule has 114 valence electrons. The lowest BCUT2D eigenvalue weighted by atomic mass is 10.0. The number of aromatic amines is 2. The summed E-state index contributed by atoms with van der Waals surface area (Å²) in [7, 11) is 0. The molecule has 0 amide bonds. The molecule has 4 nitrogen and oxygen atoms in total. The highest BCUT2D eigenvalue weighted by molar-refractivity contribution is 5.89. The number of benzene rings is 2. The maximum atomic E-state index is 11.3. The van der Waals surface area contributed by atoms with Crippen molar-refractivity contribution in [3.63, 3.8) is 0 Å². The van der Waals surface area contributed by atoms with E-state index in [4.69, 9.17) is 0 Å². The molecule has 0 aliphatic carbocycles. The van der Waals surface area contributed by atoms with Crippen molar-refractivity contribution in [2.24, 2.45) is 0 Å². The van der Waals surface area contributed by atoms with Gasteiger partial charge >= 0.3 is 5.97 Å². The van der Waals surface area contributed by atoms with E-state index in [1.807, 2.05) is 48.7 Å². The first kappa shape index (κ1) is 13.6. The van der Waals surface area contributed by atoms with Crippen LogP contribution in [-0.4, -0.2) is 21.0 Å². The predicted octanol–water partition coefficient (Wildman–Crippen LogP) is 3.87. The van der Waals surface area contributed by atoms with E-state index in [0.717, 1.165) is 27.7 Å². The Hall–Kier alpha value is -3.01. The minimum atomic E-state index is -0.810. The van der Waals surface area contributed by atoms with E-state index in [-0.39, 0.29) is 6.42 Å². The minimum Gasteiger partial charge on any atom is -0.481 e. The van der Waals surface area contributed by atoms with Crippen molar-refractivity contribution in [2.45, 2.75) is 12.8 Å². The van der Waals surface area contributed by atoms with E-state index in [1.54, 1.807) is 0 Å². The topological polar surface area (TPSA) is 68.9 Å². The van der Waals surface area contributed by atoms with Crippen LogP contribution >= 0.6 is 0 Å². The van der Waals surface area contributed by atoms with Crippen molar-refractivity contribution in [2.75, 3.05) is 0 Å². The molecule has 4 aromatic rings. The molecule has 0 saturated carbocycles. The zero-order chi connectivity index (χ0) is 15.8. The summed E-state index contributed by atoms with van der Waals surface area (Å²) < 4.78 is 0. The maximum absolute atomic E-state index is 11.3. The zero-order valence-corrected chi connectivity index (χ0v) is 12.5. The Labute approximate surface area is 132 Å². The van der Waals surface area contributed by atoms with Crippen LogP contribution in [0.25, 0.3) is 21.8 Å². The van der Waals surface area contributed by atoms with Crippen LogP contribution in [0.2, 0.25) is 0 Å². The molecule has 0 aliphatic rings. The van der Waals surface area contributed by atoms with E-state index >= 15 is 0 Å². The average molecular weight is 304 g/mol. The lowest BCUT2D eigenvalue weighted by Crippen LogP contribution is -2.03. The highest BCUT2D eigenvalue weighted by atomic mass is 16.4. The van der Waals surface area contributed by atoms with Crippen molar-refractivity contribution in [3.05, 3.63) is 71.5 Å². The number of aromatic nitrogens is 2. The number of carboxylic acids is 1. The van der Waals surface area contributed by atoms with Gasteiger partial charge in [0.2, 0.25) is 0 Å². The number of nitrogens with one attached hydrogen (secondary N) is 2. The number of rotatable bonds is 4. The quantitative estimate of drug-likeness (QED) is 0.536. The fourth-order valence-electron chi connectivity index (χ4n) is 3.23. The first-order chi connectivity index (χ1) is 11.2.